The lowest BCUT2D eigenvalue weighted by atomic mass is 9.97. The number of aromatic amines is 1. The van der Waals surface area contributed by atoms with Crippen LogP contribution in [0, 0.1) is 6.92 Å². The molecule has 1 fully saturated rings. The highest BCUT2D eigenvalue weighted by molar-refractivity contribution is 5.93. The van der Waals surface area contributed by atoms with Crippen molar-refractivity contribution in [2.24, 2.45) is 0 Å². The third-order valence-electron chi connectivity index (χ3n) is 4.77. The number of H-pyrrole nitrogens is 1. The molecule has 0 aliphatic carbocycles. The van der Waals surface area contributed by atoms with Crippen molar-refractivity contribution in [1.29, 1.82) is 0 Å². The van der Waals surface area contributed by atoms with Gasteiger partial charge in [0.25, 0.3) is 11.5 Å². The summed E-state index contributed by atoms with van der Waals surface area (Å²) in [5.74, 6) is 0.804. The van der Waals surface area contributed by atoms with Crippen LogP contribution in [0.25, 0.3) is 5.65 Å². The molecule has 0 saturated carbocycles. The summed E-state index contributed by atoms with van der Waals surface area (Å²) in [6.07, 6.45) is 6.77. The van der Waals surface area contributed by atoms with Gasteiger partial charge in [-0.25, -0.2) is 9.97 Å². The summed E-state index contributed by atoms with van der Waals surface area (Å²) in [6, 6.07) is 5.44. The Morgan fingerprint density at radius 2 is 2.20 bits per heavy atom. The molecular weight excluding hydrogens is 318 g/mol. The highest BCUT2D eigenvalue weighted by atomic mass is 16.2. The monoisotopic (exact) mass is 337 g/mol. The minimum Gasteiger partial charge on any atom is -0.348 e. The molecule has 0 spiro atoms. The molecule has 1 aliphatic rings. The average molecular weight is 337 g/mol. The Labute approximate surface area is 144 Å². The van der Waals surface area contributed by atoms with Crippen molar-refractivity contribution in [3.63, 3.8) is 0 Å². The van der Waals surface area contributed by atoms with Crippen LogP contribution in [0.3, 0.4) is 0 Å². The van der Waals surface area contributed by atoms with E-state index in [0.29, 0.717) is 18.7 Å². The second-order valence-electron chi connectivity index (χ2n) is 6.40. The molecule has 1 atom stereocenters. The zero-order valence-corrected chi connectivity index (χ0v) is 14.0. The highest BCUT2D eigenvalue weighted by Crippen LogP contribution is 2.25. The lowest BCUT2D eigenvalue weighted by Gasteiger charge is -2.31. The Kier molecular flexibility index (Phi) is 3.83. The number of nitrogens with zero attached hydrogens (tertiary/aromatic N) is 4. The molecule has 3 aromatic heterocycles. The second kappa shape index (κ2) is 6.16. The number of nitrogens with one attached hydrogen (secondary N) is 1. The number of carbonyl (C=O) groups excluding carboxylic acids is 1. The molecule has 0 bridgehead atoms. The van der Waals surface area contributed by atoms with Crippen molar-refractivity contribution in [2.45, 2.75) is 25.7 Å². The first-order chi connectivity index (χ1) is 12.1. The number of hydrogen-bond acceptors (Lipinski definition) is 4. The lowest BCUT2D eigenvalue weighted by molar-refractivity contribution is 0.0702. The van der Waals surface area contributed by atoms with Gasteiger partial charge in [0.05, 0.1) is 0 Å². The fourth-order valence-electron chi connectivity index (χ4n) is 3.48. The maximum atomic E-state index is 12.9. The van der Waals surface area contributed by atoms with E-state index in [2.05, 4.69) is 15.0 Å². The van der Waals surface area contributed by atoms with Gasteiger partial charge in [-0.15, -0.1) is 0 Å². The number of rotatable bonds is 2. The van der Waals surface area contributed by atoms with E-state index >= 15 is 0 Å². The average Bonchev–Trinajstić information content (AvgIpc) is 3.16. The van der Waals surface area contributed by atoms with Gasteiger partial charge in [-0.05, 0) is 31.9 Å². The molecule has 25 heavy (non-hydrogen) atoms. The van der Waals surface area contributed by atoms with Crippen molar-refractivity contribution < 1.29 is 4.79 Å². The van der Waals surface area contributed by atoms with Gasteiger partial charge in [-0.3, -0.25) is 14.0 Å². The number of amides is 1. The van der Waals surface area contributed by atoms with Gasteiger partial charge in [0, 0.05) is 43.3 Å². The third kappa shape index (κ3) is 2.71. The Morgan fingerprint density at radius 3 is 3.00 bits per heavy atom. The van der Waals surface area contributed by atoms with E-state index in [1.165, 1.54) is 10.6 Å². The smallest absolute Gasteiger partial charge is 0.270 e. The highest BCUT2D eigenvalue weighted by Gasteiger charge is 2.28. The van der Waals surface area contributed by atoms with Crippen molar-refractivity contribution >= 4 is 11.6 Å². The third-order valence-corrected chi connectivity index (χ3v) is 4.77. The Balaban J connectivity index is 1.67. The van der Waals surface area contributed by atoms with Gasteiger partial charge < -0.3 is 9.88 Å². The van der Waals surface area contributed by atoms with Gasteiger partial charge >= 0.3 is 0 Å². The van der Waals surface area contributed by atoms with Crippen molar-refractivity contribution in [3.8, 4) is 0 Å². The fourth-order valence-corrected chi connectivity index (χ4v) is 3.48. The quantitative estimate of drug-likeness (QED) is 0.772. The van der Waals surface area contributed by atoms with Crippen LogP contribution in [0.2, 0.25) is 0 Å². The molecule has 1 unspecified atom stereocenters. The minimum atomic E-state index is -0.312. The second-order valence-corrected chi connectivity index (χ2v) is 6.40. The first-order valence-corrected chi connectivity index (χ1v) is 8.41. The summed E-state index contributed by atoms with van der Waals surface area (Å²) < 4.78 is 1.49. The van der Waals surface area contributed by atoms with Crippen LogP contribution in [0.1, 0.15) is 40.6 Å². The van der Waals surface area contributed by atoms with E-state index in [9.17, 15) is 9.59 Å². The molecule has 0 radical (unpaired) electrons. The summed E-state index contributed by atoms with van der Waals surface area (Å²) in [6.45, 7) is 3.03. The number of aromatic nitrogens is 4. The SMILES string of the molecule is Cc1cccc2ncc(C(=O)N3CCCC(c4ncc[nH]4)C3)c(=O)n12. The fraction of sp³-hybridized carbons (Fsp3) is 0.333. The van der Waals surface area contributed by atoms with Crippen LogP contribution in [-0.2, 0) is 0 Å². The molecule has 3 aromatic rings. The zero-order chi connectivity index (χ0) is 17.4. The maximum Gasteiger partial charge on any atom is 0.270 e. The molecule has 1 amide bonds. The van der Waals surface area contributed by atoms with Crippen LogP contribution in [-0.4, -0.2) is 43.2 Å². The predicted molar refractivity (Wildman–Crippen MR) is 92.7 cm³/mol. The van der Waals surface area contributed by atoms with Crippen molar-refractivity contribution in [1.82, 2.24) is 24.3 Å². The number of hydrogen-bond donors (Lipinski definition) is 1. The lowest BCUT2D eigenvalue weighted by Crippen LogP contribution is -2.42. The molecule has 4 heterocycles. The van der Waals surface area contributed by atoms with E-state index in [0.717, 1.165) is 24.4 Å². The maximum absolute atomic E-state index is 12.9. The normalized spacial score (nSPS) is 17.8. The summed E-state index contributed by atoms with van der Waals surface area (Å²) in [5.41, 5.74) is 1.12. The molecule has 0 aromatic carbocycles. The van der Waals surface area contributed by atoms with Crippen molar-refractivity contribution in [2.75, 3.05) is 13.1 Å². The molecule has 1 aliphatic heterocycles. The number of aryl methyl sites for hydroxylation is 1. The summed E-state index contributed by atoms with van der Waals surface area (Å²) in [4.78, 5) is 39.2. The van der Waals surface area contributed by atoms with Gasteiger partial charge in [0.1, 0.15) is 17.0 Å². The minimum absolute atomic E-state index is 0.117. The Hall–Kier alpha value is -2.96. The first-order valence-electron chi connectivity index (χ1n) is 8.41. The summed E-state index contributed by atoms with van der Waals surface area (Å²) >= 11 is 0. The van der Waals surface area contributed by atoms with E-state index in [1.807, 2.05) is 19.1 Å². The number of piperidine rings is 1. The van der Waals surface area contributed by atoms with E-state index < -0.39 is 0 Å². The molecule has 7 nitrogen and oxygen atoms in total. The van der Waals surface area contributed by atoms with E-state index in [1.54, 1.807) is 23.4 Å². The van der Waals surface area contributed by atoms with Gasteiger partial charge in [0.2, 0.25) is 0 Å². The van der Waals surface area contributed by atoms with Crippen LogP contribution >= 0.6 is 0 Å². The van der Waals surface area contributed by atoms with Crippen LogP contribution in [0.4, 0.5) is 0 Å². The number of likely N-dealkylation sites (tertiary alicyclic amines) is 1. The number of carbonyl (C=O) groups is 1. The topological polar surface area (TPSA) is 83.4 Å². The molecular formula is C18H19N5O2. The standard InChI is InChI=1S/C18H19N5O2/c1-12-4-2-6-15-21-10-14(18(25)23(12)15)17(24)22-9-3-5-13(11-22)16-19-7-8-20-16/h2,4,6-8,10,13H,3,5,9,11H2,1H3,(H,19,20). The zero-order valence-electron chi connectivity index (χ0n) is 14.0. The Morgan fingerprint density at radius 1 is 1.32 bits per heavy atom. The molecule has 128 valence electrons. The summed E-state index contributed by atoms with van der Waals surface area (Å²) in [7, 11) is 0. The number of fused-ring (bicyclic) bond motifs is 1. The largest absolute Gasteiger partial charge is 0.348 e. The van der Waals surface area contributed by atoms with E-state index in [-0.39, 0.29) is 22.9 Å². The number of imidazole rings is 1. The molecule has 1 saturated heterocycles. The van der Waals surface area contributed by atoms with Gasteiger partial charge in [-0.2, -0.15) is 0 Å². The number of pyridine rings is 1. The summed E-state index contributed by atoms with van der Waals surface area (Å²) in [5, 5.41) is 0. The predicted octanol–water partition coefficient (Wildman–Crippen LogP) is 1.75. The molecule has 1 N–H and O–H groups in total. The molecule has 7 heteroatoms. The van der Waals surface area contributed by atoms with Gasteiger partial charge in [-0.1, -0.05) is 6.07 Å². The van der Waals surface area contributed by atoms with Crippen LogP contribution in [0.5, 0.6) is 0 Å². The van der Waals surface area contributed by atoms with Crippen molar-refractivity contribution in [3.05, 3.63) is 64.2 Å². The van der Waals surface area contributed by atoms with Gasteiger partial charge in [0.15, 0.2) is 0 Å². The molecule has 4 rings (SSSR count). The Bertz CT molecular complexity index is 977. The van der Waals surface area contributed by atoms with Crippen LogP contribution in [0.15, 0.2) is 41.6 Å². The first kappa shape index (κ1) is 15.6. The van der Waals surface area contributed by atoms with Crippen LogP contribution < -0.4 is 5.56 Å². The van der Waals surface area contributed by atoms with E-state index in [4.69, 9.17) is 0 Å².